The Morgan fingerprint density at radius 2 is 2.00 bits per heavy atom. The summed E-state index contributed by atoms with van der Waals surface area (Å²) in [5.74, 6) is -1.28. The number of esters is 1. The van der Waals surface area contributed by atoms with E-state index < -0.39 is 29.9 Å². The van der Waals surface area contributed by atoms with Crippen LogP contribution in [0.15, 0.2) is 42.2 Å². The molecular formula is C14H13F3O3. The molecule has 1 aromatic rings. The number of carbonyl (C=O) groups is 1. The lowest BCUT2D eigenvalue weighted by atomic mass is 9.90. The first-order valence-corrected chi connectivity index (χ1v) is 6.09. The lowest BCUT2D eigenvalue weighted by molar-refractivity contribution is -0.265. The molecular weight excluding hydrogens is 273 g/mol. The molecule has 108 valence electrons. The molecule has 2 rings (SSSR count). The number of carbonyl (C=O) groups excluding carboxylic acids is 1. The van der Waals surface area contributed by atoms with Crippen LogP contribution in [0.4, 0.5) is 13.2 Å². The van der Waals surface area contributed by atoms with Gasteiger partial charge in [-0.05, 0) is 13.0 Å². The first-order valence-electron chi connectivity index (χ1n) is 6.09. The lowest BCUT2D eigenvalue weighted by Gasteiger charge is -2.32. The number of ether oxygens (including phenoxy) is 2. The van der Waals surface area contributed by atoms with Crippen LogP contribution < -0.4 is 0 Å². The summed E-state index contributed by atoms with van der Waals surface area (Å²) in [6.45, 7) is 1.64. The summed E-state index contributed by atoms with van der Waals surface area (Å²) in [6.07, 6.45) is -3.97. The van der Waals surface area contributed by atoms with Crippen molar-refractivity contribution < 1.29 is 27.4 Å². The molecule has 0 spiro atoms. The van der Waals surface area contributed by atoms with Gasteiger partial charge in [0.05, 0.1) is 6.61 Å². The summed E-state index contributed by atoms with van der Waals surface area (Å²) in [7, 11) is 0. The maximum absolute atomic E-state index is 13.4. The van der Waals surface area contributed by atoms with Crippen LogP contribution in [-0.4, -0.2) is 18.8 Å². The summed E-state index contributed by atoms with van der Waals surface area (Å²) in [5.41, 5.74) is -2.56. The molecule has 1 aromatic carbocycles. The zero-order chi connectivity index (χ0) is 14.8. The molecule has 0 N–H and O–H groups in total. The number of hydrogen-bond acceptors (Lipinski definition) is 3. The van der Waals surface area contributed by atoms with Gasteiger partial charge in [0, 0.05) is 12.0 Å². The standard InChI is InChI=1S/C14H13F3O3/c1-2-19-12(18)11-8-9-13(20-11,14(15,16)17)10-6-4-3-5-7-10/h3-8H,2,9H2,1H3. The fraction of sp³-hybridized carbons (Fsp3) is 0.357. The van der Waals surface area contributed by atoms with E-state index in [0.717, 1.165) is 6.08 Å². The van der Waals surface area contributed by atoms with Crippen molar-refractivity contribution in [2.24, 2.45) is 0 Å². The highest BCUT2D eigenvalue weighted by atomic mass is 19.4. The Balaban J connectivity index is 2.34. The summed E-state index contributed by atoms with van der Waals surface area (Å²) in [5, 5.41) is 0. The molecule has 20 heavy (non-hydrogen) atoms. The van der Waals surface area contributed by atoms with Gasteiger partial charge >= 0.3 is 12.1 Å². The van der Waals surface area contributed by atoms with Gasteiger partial charge in [0.15, 0.2) is 0 Å². The largest absolute Gasteiger partial charge is 0.465 e. The fourth-order valence-electron chi connectivity index (χ4n) is 2.06. The molecule has 0 saturated heterocycles. The second-order valence-corrected chi connectivity index (χ2v) is 4.29. The van der Waals surface area contributed by atoms with E-state index in [-0.39, 0.29) is 12.2 Å². The minimum Gasteiger partial charge on any atom is -0.465 e. The zero-order valence-corrected chi connectivity index (χ0v) is 10.7. The Morgan fingerprint density at radius 3 is 2.55 bits per heavy atom. The van der Waals surface area contributed by atoms with Crippen LogP contribution in [0.1, 0.15) is 18.9 Å². The summed E-state index contributed by atoms with van der Waals surface area (Å²) >= 11 is 0. The van der Waals surface area contributed by atoms with Crippen molar-refractivity contribution in [1.29, 1.82) is 0 Å². The molecule has 0 radical (unpaired) electrons. The second kappa shape index (κ2) is 5.19. The van der Waals surface area contributed by atoms with Gasteiger partial charge in [-0.25, -0.2) is 4.79 Å². The third-order valence-corrected chi connectivity index (χ3v) is 3.03. The summed E-state index contributed by atoms with van der Waals surface area (Å²) in [6, 6.07) is 7.26. The van der Waals surface area contributed by atoms with Crippen molar-refractivity contribution in [3.05, 3.63) is 47.7 Å². The predicted octanol–water partition coefficient (Wildman–Crippen LogP) is 3.31. The number of rotatable bonds is 3. The maximum atomic E-state index is 13.4. The van der Waals surface area contributed by atoms with Crippen molar-refractivity contribution in [1.82, 2.24) is 0 Å². The van der Waals surface area contributed by atoms with E-state index in [1.54, 1.807) is 13.0 Å². The predicted molar refractivity (Wildman–Crippen MR) is 64.6 cm³/mol. The molecule has 0 amide bonds. The van der Waals surface area contributed by atoms with Gasteiger partial charge in [-0.3, -0.25) is 0 Å². The smallest absolute Gasteiger partial charge is 0.432 e. The zero-order valence-electron chi connectivity index (χ0n) is 10.7. The Morgan fingerprint density at radius 1 is 1.35 bits per heavy atom. The number of halogens is 3. The lowest BCUT2D eigenvalue weighted by Crippen LogP contribution is -2.42. The van der Waals surface area contributed by atoms with Crippen LogP contribution in [0.2, 0.25) is 0 Å². The van der Waals surface area contributed by atoms with E-state index >= 15 is 0 Å². The third-order valence-electron chi connectivity index (χ3n) is 3.03. The van der Waals surface area contributed by atoms with E-state index in [2.05, 4.69) is 4.74 Å². The first-order chi connectivity index (χ1) is 9.40. The van der Waals surface area contributed by atoms with Crippen molar-refractivity contribution in [3.63, 3.8) is 0 Å². The molecule has 0 saturated carbocycles. The third kappa shape index (κ3) is 2.37. The Hall–Kier alpha value is -1.98. The van der Waals surface area contributed by atoms with Gasteiger partial charge in [-0.1, -0.05) is 30.3 Å². The molecule has 1 aliphatic heterocycles. The van der Waals surface area contributed by atoms with Crippen LogP contribution in [0.25, 0.3) is 0 Å². The van der Waals surface area contributed by atoms with Gasteiger partial charge in [0.2, 0.25) is 11.4 Å². The van der Waals surface area contributed by atoms with Crippen molar-refractivity contribution >= 4 is 5.97 Å². The Kier molecular flexibility index (Phi) is 3.74. The van der Waals surface area contributed by atoms with Crippen molar-refractivity contribution in [2.75, 3.05) is 6.61 Å². The molecule has 1 heterocycles. The topological polar surface area (TPSA) is 35.5 Å². The van der Waals surface area contributed by atoms with Crippen LogP contribution in [-0.2, 0) is 19.9 Å². The first kappa shape index (κ1) is 14.4. The van der Waals surface area contributed by atoms with Gasteiger partial charge in [0.1, 0.15) is 0 Å². The van der Waals surface area contributed by atoms with Crippen molar-refractivity contribution in [2.45, 2.75) is 25.1 Å². The maximum Gasteiger partial charge on any atom is 0.432 e. The average molecular weight is 286 g/mol. The molecule has 6 heteroatoms. The highest BCUT2D eigenvalue weighted by Gasteiger charge is 2.60. The molecule has 0 bridgehead atoms. The molecule has 0 aliphatic carbocycles. The molecule has 0 aromatic heterocycles. The van der Waals surface area contributed by atoms with Crippen LogP contribution >= 0.6 is 0 Å². The minimum atomic E-state index is -4.64. The number of benzene rings is 1. The van der Waals surface area contributed by atoms with Crippen LogP contribution in [0.5, 0.6) is 0 Å². The van der Waals surface area contributed by atoms with E-state index in [1.807, 2.05) is 0 Å². The average Bonchev–Trinajstić information content (AvgIpc) is 2.86. The second-order valence-electron chi connectivity index (χ2n) is 4.29. The molecule has 1 unspecified atom stereocenters. The fourth-order valence-corrected chi connectivity index (χ4v) is 2.06. The SMILES string of the molecule is CCOC(=O)C1=CCC(c2ccccc2)(C(F)(F)F)O1. The van der Waals surface area contributed by atoms with Gasteiger partial charge in [0.25, 0.3) is 0 Å². The molecule has 3 nitrogen and oxygen atoms in total. The molecule has 1 aliphatic rings. The van der Waals surface area contributed by atoms with Crippen LogP contribution in [0.3, 0.4) is 0 Å². The molecule has 0 fully saturated rings. The number of hydrogen-bond donors (Lipinski definition) is 0. The molecule has 1 atom stereocenters. The normalized spacial score (nSPS) is 22.1. The van der Waals surface area contributed by atoms with E-state index in [1.165, 1.54) is 24.3 Å². The quantitative estimate of drug-likeness (QED) is 0.800. The minimum absolute atomic E-state index is 0.0388. The van der Waals surface area contributed by atoms with Gasteiger partial charge < -0.3 is 9.47 Å². The van der Waals surface area contributed by atoms with Gasteiger partial charge in [-0.15, -0.1) is 0 Å². The number of alkyl halides is 3. The Labute approximate surface area is 114 Å². The van der Waals surface area contributed by atoms with Gasteiger partial charge in [-0.2, -0.15) is 13.2 Å². The highest BCUT2D eigenvalue weighted by molar-refractivity contribution is 5.86. The van der Waals surface area contributed by atoms with E-state index in [0.29, 0.717) is 0 Å². The van der Waals surface area contributed by atoms with Crippen molar-refractivity contribution in [3.8, 4) is 0 Å². The highest BCUT2D eigenvalue weighted by Crippen LogP contribution is 2.49. The summed E-state index contributed by atoms with van der Waals surface area (Å²) < 4.78 is 49.9. The Bertz CT molecular complexity index is 522. The van der Waals surface area contributed by atoms with Crippen LogP contribution in [0, 0.1) is 0 Å². The monoisotopic (exact) mass is 286 g/mol. The summed E-state index contributed by atoms with van der Waals surface area (Å²) in [4.78, 5) is 11.5. The van der Waals surface area contributed by atoms with E-state index in [9.17, 15) is 18.0 Å². The van der Waals surface area contributed by atoms with E-state index in [4.69, 9.17) is 4.74 Å².